The van der Waals surface area contributed by atoms with Gasteiger partial charge in [0.2, 0.25) is 5.78 Å². The van der Waals surface area contributed by atoms with Crippen LogP contribution < -0.4 is 4.74 Å². The first-order chi connectivity index (χ1) is 10.3. The zero-order valence-corrected chi connectivity index (χ0v) is 13.0. The van der Waals surface area contributed by atoms with Crippen LogP contribution >= 0.6 is 0 Å². The Balaban J connectivity index is 2.02. The second-order valence-corrected chi connectivity index (χ2v) is 6.19. The van der Waals surface area contributed by atoms with Gasteiger partial charge in [-0.1, -0.05) is 32.9 Å². The predicted octanol–water partition coefficient (Wildman–Crippen LogP) is 3.66. The van der Waals surface area contributed by atoms with E-state index in [1.54, 1.807) is 0 Å². The average molecular weight is 300 g/mol. The second kappa shape index (κ2) is 6.10. The number of carbonyl (C=O) groups excluding carboxylic acids is 1. The van der Waals surface area contributed by atoms with Gasteiger partial charge in [-0.2, -0.15) is 0 Å². The van der Waals surface area contributed by atoms with Gasteiger partial charge in [0, 0.05) is 6.07 Å². The molecular weight excluding hydrogens is 280 g/mol. The van der Waals surface area contributed by atoms with Crippen molar-refractivity contribution in [3.8, 4) is 17.2 Å². The predicted molar refractivity (Wildman–Crippen MR) is 84.7 cm³/mol. The van der Waals surface area contributed by atoms with E-state index in [2.05, 4.69) is 20.8 Å². The first kappa shape index (κ1) is 15.9. The molecule has 116 valence electrons. The normalized spacial score (nSPS) is 11.2. The summed E-state index contributed by atoms with van der Waals surface area (Å²) >= 11 is 0. The highest BCUT2D eigenvalue weighted by molar-refractivity contribution is 5.99. The number of aromatic hydroxyl groups is 2. The first-order valence-electron chi connectivity index (χ1n) is 7.06. The summed E-state index contributed by atoms with van der Waals surface area (Å²) in [7, 11) is 0. The number of Topliss-reactive ketones (excluding diaryl/α,β-unsaturated/α-hetero) is 1. The molecule has 0 aliphatic carbocycles. The van der Waals surface area contributed by atoms with E-state index in [1.807, 2.05) is 24.3 Å². The molecule has 2 rings (SSSR count). The number of rotatable bonds is 4. The van der Waals surface area contributed by atoms with Gasteiger partial charge in [0.25, 0.3) is 0 Å². The topological polar surface area (TPSA) is 66.8 Å². The third kappa shape index (κ3) is 3.79. The van der Waals surface area contributed by atoms with Gasteiger partial charge in [0.1, 0.15) is 17.2 Å². The average Bonchev–Trinajstić information content (AvgIpc) is 2.44. The third-order valence-corrected chi connectivity index (χ3v) is 3.37. The van der Waals surface area contributed by atoms with E-state index in [-0.39, 0.29) is 34.9 Å². The van der Waals surface area contributed by atoms with Crippen LogP contribution in [0.5, 0.6) is 17.2 Å². The van der Waals surface area contributed by atoms with E-state index in [4.69, 9.17) is 4.74 Å². The minimum Gasteiger partial charge on any atom is -0.508 e. The SMILES string of the molecule is CC(C)(C)c1ccc(OCC(=O)c2ccc(O)cc2O)cc1. The maximum Gasteiger partial charge on any atom is 0.203 e. The molecule has 0 spiro atoms. The molecule has 0 atom stereocenters. The highest BCUT2D eigenvalue weighted by Gasteiger charge is 2.14. The summed E-state index contributed by atoms with van der Waals surface area (Å²) in [5, 5.41) is 18.9. The number of hydrogen-bond acceptors (Lipinski definition) is 4. The maximum atomic E-state index is 12.0. The smallest absolute Gasteiger partial charge is 0.203 e. The maximum absolute atomic E-state index is 12.0. The number of hydrogen-bond donors (Lipinski definition) is 2. The summed E-state index contributed by atoms with van der Waals surface area (Å²) < 4.78 is 5.45. The molecule has 0 fully saturated rings. The highest BCUT2D eigenvalue weighted by Crippen LogP contribution is 2.25. The Kier molecular flexibility index (Phi) is 4.40. The zero-order valence-electron chi connectivity index (χ0n) is 13.0. The number of phenols is 2. The quantitative estimate of drug-likeness (QED) is 0.846. The molecule has 0 radical (unpaired) electrons. The van der Waals surface area contributed by atoms with E-state index in [0.29, 0.717) is 5.75 Å². The lowest BCUT2D eigenvalue weighted by molar-refractivity contribution is 0.0919. The van der Waals surface area contributed by atoms with Gasteiger partial charge in [0.05, 0.1) is 5.56 Å². The number of benzene rings is 2. The van der Waals surface area contributed by atoms with Crippen molar-refractivity contribution in [2.75, 3.05) is 6.61 Å². The van der Waals surface area contributed by atoms with Gasteiger partial charge >= 0.3 is 0 Å². The highest BCUT2D eigenvalue weighted by atomic mass is 16.5. The van der Waals surface area contributed by atoms with Crippen LogP contribution in [0.2, 0.25) is 0 Å². The number of phenolic OH excluding ortho intramolecular Hbond substituents is 2. The molecule has 2 aromatic carbocycles. The van der Waals surface area contributed by atoms with E-state index < -0.39 is 0 Å². The summed E-state index contributed by atoms with van der Waals surface area (Å²) in [5.74, 6) is -0.0959. The van der Waals surface area contributed by atoms with E-state index in [9.17, 15) is 15.0 Å². The van der Waals surface area contributed by atoms with Crippen LogP contribution in [0.25, 0.3) is 0 Å². The molecule has 0 aliphatic rings. The van der Waals surface area contributed by atoms with Crippen molar-refractivity contribution >= 4 is 5.78 Å². The van der Waals surface area contributed by atoms with Crippen LogP contribution in [-0.2, 0) is 5.41 Å². The molecule has 2 aromatic rings. The molecule has 0 bridgehead atoms. The summed E-state index contributed by atoms with van der Waals surface area (Å²) in [5.41, 5.74) is 1.37. The lowest BCUT2D eigenvalue weighted by atomic mass is 9.87. The third-order valence-electron chi connectivity index (χ3n) is 3.37. The van der Waals surface area contributed by atoms with Crippen LogP contribution in [0, 0.1) is 0 Å². The molecule has 0 aliphatic heterocycles. The van der Waals surface area contributed by atoms with E-state index in [1.165, 1.54) is 17.7 Å². The molecular formula is C18H20O4. The Hall–Kier alpha value is -2.49. The van der Waals surface area contributed by atoms with Crippen molar-refractivity contribution < 1.29 is 19.7 Å². The van der Waals surface area contributed by atoms with Crippen molar-refractivity contribution in [2.24, 2.45) is 0 Å². The Morgan fingerprint density at radius 3 is 2.23 bits per heavy atom. The number of ether oxygens (including phenoxy) is 1. The molecule has 0 saturated carbocycles. The Bertz CT molecular complexity index is 666. The van der Waals surface area contributed by atoms with Gasteiger partial charge in [-0.25, -0.2) is 0 Å². The number of ketones is 1. The molecule has 2 N–H and O–H groups in total. The molecule has 0 saturated heterocycles. The van der Waals surface area contributed by atoms with Crippen LogP contribution in [0.1, 0.15) is 36.7 Å². The summed E-state index contributed by atoms with van der Waals surface area (Å²) in [6, 6.07) is 11.4. The lowest BCUT2D eigenvalue weighted by Crippen LogP contribution is -2.13. The minimum absolute atomic E-state index is 0.0617. The molecule has 0 unspecified atom stereocenters. The largest absolute Gasteiger partial charge is 0.508 e. The van der Waals surface area contributed by atoms with Gasteiger partial charge < -0.3 is 14.9 Å². The summed E-state index contributed by atoms with van der Waals surface area (Å²) in [4.78, 5) is 12.0. The van der Waals surface area contributed by atoms with Gasteiger partial charge in [-0.15, -0.1) is 0 Å². The molecule has 0 aromatic heterocycles. The van der Waals surface area contributed by atoms with Gasteiger partial charge in [-0.3, -0.25) is 4.79 Å². The molecule has 4 nitrogen and oxygen atoms in total. The van der Waals surface area contributed by atoms with Crippen molar-refractivity contribution in [1.82, 2.24) is 0 Å². The second-order valence-electron chi connectivity index (χ2n) is 6.19. The molecule has 22 heavy (non-hydrogen) atoms. The summed E-state index contributed by atoms with van der Waals surface area (Å²) in [6.45, 7) is 6.20. The van der Waals surface area contributed by atoms with Crippen molar-refractivity contribution in [3.63, 3.8) is 0 Å². The van der Waals surface area contributed by atoms with Gasteiger partial charge in [-0.05, 0) is 35.2 Å². The van der Waals surface area contributed by atoms with E-state index >= 15 is 0 Å². The monoisotopic (exact) mass is 300 g/mol. The Morgan fingerprint density at radius 1 is 1.05 bits per heavy atom. The van der Waals surface area contributed by atoms with Crippen molar-refractivity contribution in [1.29, 1.82) is 0 Å². The standard InChI is InChI=1S/C18H20O4/c1-18(2,3)12-4-7-14(8-5-12)22-11-17(21)15-9-6-13(19)10-16(15)20/h4-10,19-20H,11H2,1-3H3. The van der Waals surface area contributed by atoms with Crippen LogP contribution in [-0.4, -0.2) is 22.6 Å². The first-order valence-corrected chi connectivity index (χ1v) is 7.06. The fourth-order valence-electron chi connectivity index (χ4n) is 2.03. The van der Waals surface area contributed by atoms with Crippen molar-refractivity contribution in [2.45, 2.75) is 26.2 Å². The van der Waals surface area contributed by atoms with Gasteiger partial charge in [0.15, 0.2) is 6.61 Å². The molecule has 0 heterocycles. The Morgan fingerprint density at radius 2 is 1.68 bits per heavy atom. The fourth-order valence-corrected chi connectivity index (χ4v) is 2.03. The fraction of sp³-hybridized carbons (Fsp3) is 0.278. The Labute approximate surface area is 130 Å². The van der Waals surface area contributed by atoms with Crippen LogP contribution in [0.3, 0.4) is 0 Å². The number of carbonyl (C=O) groups is 1. The lowest BCUT2D eigenvalue weighted by Gasteiger charge is -2.19. The summed E-state index contributed by atoms with van der Waals surface area (Å²) in [6.07, 6.45) is 0. The molecule has 0 amide bonds. The minimum atomic E-state index is -0.350. The van der Waals surface area contributed by atoms with Crippen LogP contribution in [0.4, 0.5) is 0 Å². The van der Waals surface area contributed by atoms with Crippen LogP contribution in [0.15, 0.2) is 42.5 Å². The molecule has 4 heteroatoms. The zero-order chi connectivity index (χ0) is 16.3. The van der Waals surface area contributed by atoms with E-state index in [0.717, 1.165) is 6.07 Å². The van der Waals surface area contributed by atoms with Crippen molar-refractivity contribution in [3.05, 3.63) is 53.6 Å².